The molecule has 8 nitrogen and oxygen atoms in total. The van der Waals surface area contributed by atoms with Gasteiger partial charge in [-0.25, -0.2) is 9.59 Å². The Kier molecular flexibility index (Phi) is 7.87. The molecule has 3 aromatic carbocycles. The Bertz CT molecular complexity index is 1170. The number of ether oxygens (including phenoxy) is 4. The minimum absolute atomic E-state index is 0.0996. The highest BCUT2D eigenvalue weighted by Crippen LogP contribution is 2.24. The third kappa shape index (κ3) is 5.92. The summed E-state index contributed by atoms with van der Waals surface area (Å²) in [6.07, 6.45) is 0. The molecule has 0 saturated heterocycles. The van der Waals surface area contributed by atoms with Crippen molar-refractivity contribution >= 4 is 23.5 Å². The zero-order valence-corrected chi connectivity index (χ0v) is 19.3. The molecule has 0 unspecified atom stereocenters. The van der Waals surface area contributed by atoms with Crippen molar-refractivity contribution in [1.29, 1.82) is 0 Å². The third-order valence-corrected chi connectivity index (χ3v) is 4.99. The molecule has 3 rings (SSSR count). The summed E-state index contributed by atoms with van der Waals surface area (Å²) in [4.78, 5) is 36.9. The fourth-order valence-corrected chi connectivity index (χ4v) is 3.20. The van der Waals surface area contributed by atoms with E-state index >= 15 is 0 Å². The molecule has 0 aliphatic heterocycles. The average Bonchev–Trinajstić information content (AvgIpc) is 2.86. The predicted molar refractivity (Wildman–Crippen MR) is 126 cm³/mol. The molecule has 34 heavy (non-hydrogen) atoms. The van der Waals surface area contributed by atoms with Gasteiger partial charge in [0.05, 0.1) is 32.5 Å². The van der Waals surface area contributed by atoms with Crippen LogP contribution in [0.4, 0.5) is 5.69 Å². The van der Waals surface area contributed by atoms with Crippen molar-refractivity contribution in [2.45, 2.75) is 13.5 Å². The Morgan fingerprint density at radius 1 is 0.765 bits per heavy atom. The topological polar surface area (TPSA) is 100 Å². The second-order valence-electron chi connectivity index (χ2n) is 7.36. The number of hydrogen-bond acceptors (Lipinski definition) is 7. The number of benzene rings is 3. The lowest BCUT2D eigenvalue weighted by Crippen LogP contribution is -2.15. The number of carbonyl (C=O) groups excluding carboxylic acids is 3. The van der Waals surface area contributed by atoms with Crippen LogP contribution in [0.1, 0.15) is 42.2 Å². The average molecular weight is 463 g/mol. The van der Waals surface area contributed by atoms with Crippen molar-refractivity contribution in [2.75, 3.05) is 26.6 Å². The standard InChI is InChI=1S/C26H25NO7/c1-16-5-8-22(9-6-16)34-15-20-11-17(7-10-23(20)31-2)24(28)27-21-13-18(25(29)32-3)12-19(14-21)26(30)33-4/h5-14H,15H2,1-4H3,(H,27,28). The molecule has 3 aromatic rings. The van der Waals surface area contributed by atoms with E-state index in [0.717, 1.165) is 5.56 Å². The molecule has 0 radical (unpaired) electrons. The molecule has 0 spiro atoms. The zero-order chi connectivity index (χ0) is 24.7. The molecule has 0 fully saturated rings. The van der Waals surface area contributed by atoms with E-state index in [-0.39, 0.29) is 23.4 Å². The largest absolute Gasteiger partial charge is 0.496 e. The van der Waals surface area contributed by atoms with Gasteiger partial charge in [-0.2, -0.15) is 0 Å². The van der Waals surface area contributed by atoms with Crippen LogP contribution in [-0.4, -0.2) is 39.2 Å². The van der Waals surface area contributed by atoms with Gasteiger partial charge in [-0.15, -0.1) is 0 Å². The first-order valence-corrected chi connectivity index (χ1v) is 10.3. The number of rotatable bonds is 8. The fraction of sp³-hybridized carbons (Fsp3) is 0.192. The Balaban J connectivity index is 1.84. The van der Waals surface area contributed by atoms with Crippen LogP contribution < -0.4 is 14.8 Å². The molecule has 1 amide bonds. The lowest BCUT2D eigenvalue weighted by Gasteiger charge is -2.13. The van der Waals surface area contributed by atoms with Crippen molar-refractivity contribution in [2.24, 2.45) is 0 Å². The molecule has 8 heteroatoms. The summed E-state index contributed by atoms with van der Waals surface area (Å²) in [5.41, 5.74) is 2.57. The van der Waals surface area contributed by atoms with Crippen LogP contribution >= 0.6 is 0 Å². The van der Waals surface area contributed by atoms with Gasteiger partial charge in [0, 0.05) is 16.8 Å². The number of amides is 1. The van der Waals surface area contributed by atoms with Gasteiger partial charge in [-0.05, 0) is 55.5 Å². The van der Waals surface area contributed by atoms with Gasteiger partial charge in [-0.1, -0.05) is 17.7 Å². The Labute approximate surface area is 197 Å². The quantitative estimate of drug-likeness (QED) is 0.494. The molecule has 0 aliphatic rings. The van der Waals surface area contributed by atoms with Crippen LogP contribution in [0.3, 0.4) is 0 Å². The predicted octanol–water partition coefficient (Wildman–Crippen LogP) is 4.41. The van der Waals surface area contributed by atoms with Crippen molar-refractivity contribution in [3.63, 3.8) is 0 Å². The van der Waals surface area contributed by atoms with Crippen LogP contribution in [0.2, 0.25) is 0 Å². The van der Waals surface area contributed by atoms with Gasteiger partial charge in [-0.3, -0.25) is 4.79 Å². The molecular weight excluding hydrogens is 438 g/mol. The maximum Gasteiger partial charge on any atom is 0.337 e. The minimum Gasteiger partial charge on any atom is -0.496 e. The normalized spacial score (nSPS) is 10.2. The Hall–Kier alpha value is -4.33. The third-order valence-electron chi connectivity index (χ3n) is 4.99. The van der Waals surface area contributed by atoms with Gasteiger partial charge in [0.1, 0.15) is 18.1 Å². The van der Waals surface area contributed by atoms with Crippen LogP contribution in [0.5, 0.6) is 11.5 Å². The van der Waals surface area contributed by atoms with E-state index in [0.29, 0.717) is 22.6 Å². The van der Waals surface area contributed by atoms with Crippen molar-refractivity contribution in [3.8, 4) is 11.5 Å². The van der Waals surface area contributed by atoms with E-state index < -0.39 is 17.8 Å². The highest BCUT2D eigenvalue weighted by molar-refractivity contribution is 6.06. The smallest absolute Gasteiger partial charge is 0.337 e. The summed E-state index contributed by atoms with van der Waals surface area (Å²) in [6.45, 7) is 2.18. The zero-order valence-electron chi connectivity index (χ0n) is 19.3. The van der Waals surface area contributed by atoms with E-state index in [9.17, 15) is 14.4 Å². The molecule has 0 heterocycles. The van der Waals surface area contributed by atoms with Gasteiger partial charge < -0.3 is 24.3 Å². The number of aryl methyl sites for hydroxylation is 1. The van der Waals surface area contributed by atoms with E-state index in [2.05, 4.69) is 5.32 Å². The molecule has 0 atom stereocenters. The lowest BCUT2D eigenvalue weighted by atomic mass is 10.1. The highest BCUT2D eigenvalue weighted by atomic mass is 16.5. The maximum absolute atomic E-state index is 13.0. The van der Waals surface area contributed by atoms with E-state index in [1.165, 1.54) is 39.5 Å². The summed E-state index contributed by atoms with van der Waals surface area (Å²) in [5.74, 6) is -0.485. The Morgan fingerprint density at radius 3 is 1.94 bits per heavy atom. The first kappa shape index (κ1) is 24.3. The fourth-order valence-electron chi connectivity index (χ4n) is 3.20. The monoisotopic (exact) mass is 463 g/mol. The summed E-state index contributed by atoms with van der Waals surface area (Å²) in [5, 5.41) is 2.71. The number of nitrogens with one attached hydrogen (secondary N) is 1. The van der Waals surface area contributed by atoms with Crippen LogP contribution in [-0.2, 0) is 16.1 Å². The summed E-state index contributed by atoms with van der Waals surface area (Å²) in [7, 11) is 3.99. The summed E-state index contributed by atoms with van der Waals surface area (Å²) in [6, 6.07) is 16.7. The lowest BCUT2D eigenvalue weighted by molar-refractivity contribution is 0.0599. The number of methoxy groups -OCH3 is 3. The molecule has 0 saturated carbocycles. The van der Waals surface area contributed by atoms with Gasteiger partial charge in [0.15, 0.2) is 0 Å². The number of hydrogen-bond donors (Lipinski definition) is 1. The van der Waals surface area contributed by atoms with E-state index in [4.69, 9.17) is 18.9 Å². The van der Waals surface area contributed by atoms with Crippen LogP contribution in [0, 0.1) is 6.92 Å². The van der Waals surface area contributed by atoms with E-state index in [1.54, 1.807) is 18.2 Å². The second-order valence-corrected chi connectivity index (χ2v) is 7.36. The van der Waals surface area contributed by atoms with Crippen LogP contribution in [0.15, 0.2) is 60.7 Å². The minimum atomic E-state index is -0.652. The van der Waals surface area contributed by atoms with Gasteiger partial charge in [0.2, 0.25) is 0 Å². The summed E-state index contributed by atoms with van der Waals surface area (Å²) >= 11 is 0. The second kappa shape index (κ2) is 11.0. The Morgan fingerprint density at radius 2 is 1.38 bits per heavy atom. The van der Waals surface area contributed by atoms with Crippen LogP contribution in [0.25, 0.3) is 0 Å². The SMILES string of the molecule is COC(=O)c1cc(NC(=O)c2ccc(OC)c(COc3ccc(C)cc3)c2)cc(C(=O)OC)c1. The van der Waals surface area contributed by atoms with Crippen molar-refractivity contribution in [3.05, 3.63) is 88.5 Å². The molecular formula is C26H25NO7. The van der Waals surface area contributed by atoms with Crippen molar-refractivity contribution in [1.82, 2.24) is 0 Å². The summed E-state index contributed by atoms with van der Waals surface area (Å²) < 4.78 is 20.7. The first-order chi connectivity index (χ1) is 16.3. The molecule has 1 N–H and O–H groups in total. The first-order valence-electron chi connectivity index (χ1n) is 10.3. The molecule has 0 aromatic heterocycles. The molecule has 0 aliphatic carbocycles. The van der Waals surface area contributed by atoms with Crippen molar-refractivity contribution < 1.29 is 33.3 Å². The van der Waals surface area contributed by atoms with Gasteiger partial charge >= 0.3 is 11.9 Å². The number of anilines is 1. The van der Waals surface area contributed by atoms with E-state index in [1.807, 2.05) is 31.2 Å². The van der Waals surface area contributed by atoms with Gasteiger partial charge in [0.25, 0.3) is 5.91 Å². The molecule has 0 bridgehead atoms. The number of esters is 2. The highest BCUT2D eigenvalue weighted by Gasteiger charge is 2.16. The molecule has 176 valence electrons. The number of carbonyl (C=O) groups is 3. The maximum atomic E-state index is 13.0.